The highest BCUT2D eigenvalue weighted by atomic mass is 32.1. The van der Waals surface area contributed by atoms with Gasteiger partial charge in [0.25, 0.3) is 0 Å². The van der Waals surface area contributed by atoms with Gasteiger partial charge in [-0.05, 0) is 68.2 Å². The van der Waals surface area contributed by atoms with Gasteiger partial charge in [0.1, 0.15) is 0 Å². The van der Waals surface area contributed by atoms with E-state index in [0.29, 0.717) is 5.11 Å². The van der Waals surface area contributed by atoms with Gasteiger partial charge < -0.3 is 20.3 Å². The van der Waals surface area contributed by atoms with Crippen LogP contribution >= 0.6 is 12.2 Å². The van der Waals surface area contributed by atoms with Crippen molar-refractivity contribution in [1.29, 1.82) is 0 Å². The molecule has 0 aliphatic carbocycles. The van der Waals surface area contributed by atoms with Crippen LogP contribution in [0.1, 0.15) is 26.2 Å². The fraction of sp³-hybridized carbons (Fsp3) is 0.650. The van der Waals surface area contributed by atoms with Crippen molar-refractivity contribution >= 4 is 28.7 Å². The highest BCUT2D eigenvalue weighted by molar-refractivity contribution is 7.80. The molecule has 3 rings (SSSR count). The van der Waals surface area contributed by atoms with Crippen LogP contribution in [0.2, 0.25) is 0 Å². The first kappa shape index (κ1) is 19.4. The van der Waals surface area contributed by atoms with Crippen LogP contribution in [-0.4, -0.2) is 62.5 Å². The molecule has 0 spiro atoms. The zero-order chi connectivity index (χ0) is 18.2. The third kappa shape index (κ3) is 6.11. The molecule has 26 heavy (non-hydrogen) atoms. The molecule has 2 fully saturated rings. The Kier molecular flexibility index (Phi) is 7.53. The summed E-state index contributed by atoms with van der Waals surface area (Å²) in [5, 5.41) is 7.29. The number of anilines is 2. The lowest BCUT2D eigenvalue weighted by atomic mass is 9.99. The number of piperidine rings is 1. The van der Waals surface area contributed by atoms with E-state index in [1.807, 2.05) is 0 Å². The van der Waals surface area contributed by atoms with Crippen LogP contribution in [0.5, 0.6) is 0 Å². The van der Waals surface area contributed by atoms with Crippen LogP contribution in [0, 0.1) is 5.92 Å². The molecule has 2 saturated heterocycles. The van der Waals surface area contributed by atoms with Crippen molar-refractivity contribution in [1.82, 2.24) is 10.2 Å². The second-order valence-corrected chi connectivity index (χ2v) is 7.81. The minimum Gasteiger partial charge on any atom is -0.379 e. The molecule has 2 heterocycles. The SMILES string of the molecule is CC1CCN(c2ccc(NC(=S)NCCCN3CCOCC3)cc2)CC1. The van der Waals surface area contributed by atoms with Crippen LogP contribution in [0.3, 0.4) is 0 Å². The number of hydrogen-bond donors (Lipinski definition) is 2. The largest absolute Gasteiger partial charge is 0.379 e. The summed E-state index contributed by atoms with van der Waals surface area (Å²) in [5.74, 6) is 0.860. The maximum absolute atomic E-state index is 5.41. The Morgan fingerprint density at radius 1 is 1.12 bits per heavy atom. The minimum atomic E-state index is 0.700. The summed E-state index contributed by atoms with van der Waals surface area (Å²) in [6.45, 7) is 10.5. The van der Waals surface area contributed by atoms with Crippen molar-refractivity contribution in [2.24, 2.45) is 5.92 Å². The molecule has 0 amide bonds. The van der Waals surface area contributed by atoms with Gasteiger partial charge in [0, 0.05) is 44.1 Å². The molecule has 0 atom stereocenters. The monoisotopic (exact) mass is 376 g/mol. The number of nitrogens with one attached hydrogen (secondary N) is 2. The molecular weight excluding hydrogens is 344 g/mol. The van der Waals surface area contributed by atoms with Gasteiger partial charge in [0.15, 0.2) is 5.11 Å². The molecular formula is C20H32N4OS. The summed E-state index contributed by atoms with van der Waals surface area (Å²) in [4.78, 5) is 4.92. The highest BCUT2D eigenvalue weighted by Gasteiger charge is 2.15. The lowest BCUT2D eigenvalue weighted by Crippen LogP contribution is -2.38. The average molecular weight is 377 g/mol. The van der Waals surface area contributed by atoms with E-state index in [9.17, 15) is 0 Å². The van der Waals surface area contributed by atoms with Crippen LogP contribution in [0.25, 0.3) is 0 Å². The standard InChI is InChI=1S/C20H32N4OS/c1-17-7-11-24(12-8-17)19-5-3-18(4-6-19)22-20(26)21-9-2-10-23-13-15-25-16-14-23/h3-6,17H,2,7-16H2,1H3,(H2,21,22,26). The van der Waals surface area contributed by atoms with Gasteiger partial charge >= 0.3 is 0 Å². The number of hydrogen-bond acceptors (Lipinski definition) is 4. The van der Waals surface area contributed by atoms with Crippen LogP contribution in [0.4, 0.5) is 11.4 Å². The van der Waals surface area contributed by atoms with E-state index >= 15 is 0 Å². The van der Waals surface area contributed by atoms with Crippen molar-refractivity contribution in [2.75, 3.05) is 62.7 Å². The molecule has 144 valence electrons. The van der Waals surface area contributed by atoms with Crippen molar-refractivity contribution in [2.45, 2.75) is 26.2 Å². The molecule has 0 radical (unpaired) electrons. The summed E-state index contributed by atoms with van der Waals surface area (Å²) in [7, 11) is 0. The van der Waals surface area contributed by atoms with Crippen LogP contribution < -0.4 is 15.5 Å². The Labute approximate surface area is 163 Å². The molecule has 0 saturated carbocycles. The number of rotatable bonds is 6. The molecule has 0 unspecified atom stereocenters. The molecule has 0 aromatic heterocycles. The fourth-order valence-electron chi connectivity index (χ4n) is 3.53. The van der Waals surface area contributed by atoms with Gasteiger partial charge in [0.2, 0.25) is 0 Å². The van der Waals surface area contributed by atoms with Crippen molar-refractivity contribution < 1.29 is 4.74 Å². The molecule has 1 aromatic carbocycles. The highest BCUT2D eigenvalue weighted by Crippen LogP contribution is 2.24. The summed E-state index contributed by atoms with van der Waals surface area (Å²) < 4.78 is 5.37. The van der Waals surface area contributed by atoms with Gasteiger partial charge in [-0.2, -0.15) is 0 Å². The van der Waals surface area contributed by atoms with Gasteiger partial charge in [-0.15, -0.1) is 0 Å². The molecule has 2 aliphatic heterocycles. The van der Waals surface area contributed by atoms with Gasteiger partial charge in [-0.3, -0.25) is 4.90 Å². The van der Waals surface area contributed by atoms with Gasteiger partial charge in [0.05, 0.1) is 13.2 Å². The van der Waals surface area contributed by atoms with E-state index in [1.165, 1.54) is 18.5 Å². The van der Waals surface area contributed by atoms with E-state index in [1.54, 1.807) is 0 Å². The first-order valence-corrected chi connectivity index (χ1v) is 10.3. The summed E-state index contributed by atoms with van der Waals surface area (Å²) in [5.41, 5.74) is 2.36. The number of morpholine rings is 1. The Balaban J connectivity index is 1.34. The van der Waals surface area contributed by atoms with Gasteiger partial charge in [-0.1, -0.05) is 6.92 Å². The Hall–Kier alpha value is -1.37. The quantitative estimate of drug-likeness (QED) is 0.588. The van der Waals surface area contributed by atoms with E-state index in [2.05, 4.69) is 51.6 Å². The number of nitrogens with zero attached hydrogens (tertiary/aromatic N) is 2. The number of benzene rings is 1. The Morgan fingerprint density at radius 3 is 2.50 bits per heavy atom. The van der Waals surface area contributed by atoms with Crippen molar-refractivity contribution in [3.05, 3.63) is 24.3 Å². The second kappa shape index (κ2) is 10.1. The van der Waals surface area contributed by atoms with Crippen molar-refractivity contribution in [3.8, 4) is 0 Å². The third-order valence-corrected chi connectivity index (χ3v) is 5.56. The lowest BCUT2D eigenvalue weighted by molar-refractivity contribution is 0.0376. The van der Waals surface area contributed by atoms with Crippen molar-refractivity contribution in [3.63, 3.8) is 0 Å². The molecule has 0 bridgehead atoms. The predicted octanol–water partition coefficient (Wildman–Crippen LogP) is 2.93. The van der Waals surface area contributed by atoms with E-state index < -0.39 is 0 Å². The maximum Gasteiger partial charge on any atom is 0.170 e. The maximum atomic E-state index is 5.41. The summed E-state index contributed by atoms with van der Waals surface area (Å²) >= 11 is 5.41. The fourth-order valence-corrected chi connectivity index (χ4v) is 3.75. The average Bonchev–Trinajstić information content (AvgIpc) is 2.67. The Morgan fingerprint density at radius 2 is 1.81 bits per heavy atom. The van der Waals surface area contributed by atoms with Crippen LogP contribution in [-0.2, 0) is 4.74 Å². The van der Waals surface area contributed by atoms with E-state index in [0.717, 1.165) is 70.5 Å². The van der Waals surface area contributed by atoms with E-state index in [4.69, 9.17) is 17.0 Å². The molecule has 2 N–H and O–H groups in total. The topological polar surface area (TPSA) is 39.8 Å². The normalized spacial score (nSPS) is 19.3. The predicted molar refractivity (Wildman–Crippen MR) is 113 cm³/mol. The van der Waals surface area contributed by atoms with Crippen LogP contribution in [0.15, 0.2) is 24.3 Å². The minimum absolute atomic E-state index is 0.700. The summed E-state index contributed by atoms with van der Waals surface area (Å²) in [6, 6.07) is 8.63. The third-order valence-electron chi connectivity index (χ3n) is 5.31. The number of ether oxygens (including phenoxy) is 1. The summed E-state index contributed by atoms with van der Waals surface area (Å²) in [6.07, 6.45) is 3.67. The smallest absolute Gasteiger partial charge is 0.170 e. The van der Waals surface area contributed by atoms with E-state index in [-0.39, 0.29) is 0 Å². The van der Waals surface area contributed by atoms with Gasteiger partial charge in [-0.25, -0.2) is 0 Å². The first-order chi connectivity index (χ1) is 12.7. The molecule has 6 heteroatoms. The zero-order valence-electron chi connectivity index (χ0n) is 15.9. The lowest BCUT2D eigenvalue weighted by Gasteiger charge is -2.32. The number of thiocarbonyl (C=S) groups is 1. The second-order valence-electron chi connectivity index (χ2n) is 7.40. The molecule has 2 aliphatic rings. The molecule has 1 aromatic rings. The first-order valence-electron chi connectivity index (χ1n) is 9.90. The Bertz CT molecular complexity index is 551. The molecule has 5 nitrogen and oxygen atoms in total. The zero-order valence-corrected chi connectivity index (χ0v) is 16.7.